The van der Waals surface area contributed by atoms with Crippen LogP contribution < -0.4 is 5.73 Å². The zero-order valence-corrected chi connectivity index (χ0v) is 13.0. The topological polar surface area (TPSA) is 120 Å². The van der Waals surface area contributed by atoms with E-state index in [0.29, 0.717) is 19.6 Å². The van der Waals surface area contributed by atoms with Gasteiger partial charge in [-0.2, -0.15) is 4.68 Å². The standard InChI is InChI=1S/C15H18N6O3/c16-6-12-7-19(8-13(12)11-4-2-1-3-5-11)14(22)9-20-10-17-15(18-20)21(23)24/h1-5,10,12-13H,6-9,16H2/t12-,13+/m1/s1. The summed E-state index contributed by atoms with van der Waals surface area (Å²) < 4.78 is 1.19. The van der Waals surface area contributed by atoms with Gasteiger partial charge in [0.25, 0.3) is 0 Å². The van der Waals surface area contributed by atoms with E-state index >= 15 is 0 Å². The van der Waals surface area contributed by atoms with Crippen LogP contribution in [-0.4, -0.2) is 50.1 Å². The Labute approximate surface area is 138 Å². The van der Waals surface area contributed by atoms with Crippen LogP contribution in [0.25, 0.3) is 0 Å². The van der Waals surface area contributed by atoms with Crippen LogP contribution in [0.1, 0.15) is 11.5 Å². The summed E-state index contributed by atoms with van der Waals surface area (Å²) in [5.41, 5.74) is 7.04. The van der Waals surface area contributed by atoms with Gasteiger partial charge in [0.15, 0.2) is 0 Å². The molecule has 1 saturated heterocycles. The summed E-state index contributed by atoms with van der Waals surface area (Å²) in [6.07, 6.45) is 1.20. The molecule has 1 fully saturated rings. The van der Waals surface area contributed by atoms with Gasteiger partial charge in [-0.05, 0) is 22.9 Å². The van der Waals surface area contributed by atoms with E-state index in [1.165, 1.54) is 16.6 Å². The predicted octanol–water partition coefficient (Wildman–Crippen LogP) is 0.387. The summed E-state index contributed by atoms with van der Waals surface area (Å²) in [5, 5.41) is 14.3. The third kappa shape index (κ3) is 3.25. The molecule has 9 heteroatoms. The van der Waals surface area contributed by atoms with Gasteiger partial charge in [-0.1, -0.05) is 35.3 Å². The number of carbonyl (C=O) groups is 1. The molecule has 24 heavy (non-hydrogen) atoms. The summed E-state index contributed by atoms with van der Waals surface area (Å²) in [7, 11) is 0. The van der Waals surface area contributed by atoms with Crippen molar-refractivity contribution in [2.45, 2.75) is 12.5 Å². The van der Waals surface area contributed by atoms with E-state index in [0.717, 1.165) is 0 Å². The minimum Gasteiger partial charge on any atom is -0.390 e. The number of amides is 1. The fourth-order valence-corrected chi connectivity index (χ4v) is 3.07. The van der Waals surface area contributed by atoms with Crippen molar-refractivity contribution in [2.75, 3.05) is 19.6 Å². The Bertz CT molecular complexity index is 732. The summed E-state index contributed by atoms with van der Waals surface area (Å²) in [6.45, 7) is 1.59. The first kappa shape index (κ1) is 16.1. The van der Waals surface area contributed by atoms with Crippen molar-refractivity contribution < 1.29 is 9.72 Å². The number of nitrogens with two attached hydrogens (primary N) is 1. The highest BCUT2D eigenvalue weighted by Gasteiger charge is 2.35. The molecule has 0 spiro atoms. The van der Waals surface area contributed by atoms with Gasteiger partial charge in [0.2, 0.25) is 12.2 Å². The highest BCUT2D eigenvalue weighted by atomic mass is 16.6. The van der Waals surface area contributed by atoms with Gasteiger partial charge in [0, 0.05) is 24.1 Å². The molecule has 2 atom stereocenters. The first-order valence-electron chi connectivity index (χ1n) is 7.65. The molecular weight excluding hydrogens is 312 g/mol. The van der Waals surface area contributed by atoms with E-state index in [1.54, 1.807) is 4.90 Å². The van der Waals surface area contributed by atoms with E-state index in [2.05, 4.69) is 10.1 Å². The molecule has 0 aliphatic carbocycles. The molecule has 1 aromatic carbocycles. The Hall–Kier alpha value is -2.81. The van der Waals surface area contributed by atoms with E-state index < -0.39 is 10.9 Å². The van der Waals surface area contributed by atoms with Gasteiger partial charge >= 0.3 is 5.95 Å². The number of likely N-dealkylation sites (tertiary alicyclic amines) is 1. The summed E-state index contributed by atoms with van der Waals surface area (Å²) in [6, 6.07) is 9.99. The number of aromatic nitrogens is 3. The molecule has 1 aliphatic heterocycles. The van der Waals surface area contributed by atoms with E-state index in [9.17, 15) is 14.9 Å². The largest absolute Gasteiger partial charge is 0.490 e. The molecule has 0 saturated carbocycles. The molecule has 2 N–H and O–H groups in total. The highest BCUT2D eigenvalue weighted by Crippen LogP contribution is 2.32. The summed E-state index contributed by atoms with van der Waals surface area (Å²) in [4.78, 5) is 27.7. The second-order valence-electron chi connectivity index (χ2n) is 5.81. The van der Waals surface area contributed by atoms with Crippen molar-refractivity contribution in [2.24, 2.45) is 11.7 Å². The minimum absolute atomic E-state index is 0.0698. The molecule has 1 aliphatic rings. The van der Waals surface area contributed by atoms with Gasteiger partial charge < -0.3 is 20.7 Å². The molecule has 0 radical (unpaired) electrons. The lowest BCUT2D eigenvalue weighted by atomic mass is 9.89. The number of benzene rings is 1. The van der Waals surface area contributed by atoms with Crippen molar-refractivity contribution >= 4 is 11.9 Å². The number of hydrogen-bond donors (Lipinski definition) is 1. The lowest BCUT2D eigenvalue weighted by Crippen LogP contribution is -2.32. The van der Waals surface area contributed by atoms with Crippen LogP contribution >= 0.6 is 0 Å². The highest BCUT2D eigenvalue weighted by molar-refractivity contribution is 5.76. The minimum atomic E-state index is -0.688. The first-order chi connectivity index (χ1) is 11.6. The number of nitro groups is 1. The average molecular weight is 330 g/mol. The van der Waals surface area contributed by atoms with Gasteiger partial charge in [-0.25, -0.2) is 0 Å². The molecule has 1 aromatic heterocycles. The molecule has 9 nitrogen and oxygen atoms in total. The van der Waals surface area contributed by atoms with Crippen molar-refractivity contribution in [3.8, 4) is 0 Å². The molecule has 2 heterocycles. The van der Waals surface area contributed by atoms with Crippen LogP contribution in [-0.2, 0) is 11.3 Å². The van der Waals surface area contributed by atoms with Gasteiger partial charge in [0.1, 0.15) is 6.54 Å². The Morgan fingerprint density at radius 3 is 2.71 bits per heavy atom. The Morgan fingerprint density at radius 1 is 1.33 bits per heavy atom. The van der Waals surface area contributed by atoms with Crippen molar-refractivity contribution in [1.82, 2.24) is 19.7 Å². The van der Waals surface area contributed by atoms with Crippen LogP contribution in [0.4, 0.5) is 5.95 Å². The summed E-state index contributed by atoms with van der Waals surface area (Å²) >= 11 is 0. The third-order valence-electron chi connectivity index (χ3n) is 4.31. The molecule has 3 rings (SSSR count). The maximum atomic E-state index is 12.5. The fourth-order valence-electron chi connectivity index (χ4n) is 3.07. The molecule has 0 bridgehead atoms. The SMILES string of the molecule is NC[C@@H]1CN(C(=O)Cn2cnc([N+](=O)[O-])n2)C[C@H]1c1ccccc1. The van der Waals surface area contributed by atoms with E-state index in [1.807, 2.05) is 30.3 Å². The molecule has 1 amide bonds. The van der Waals surface area contributed by atoms with Crippen LogP contribution in [0.15, 0.2) is 36.7 Å². The Kier molecular flexibility index (Phi) is 4.52. The third-order valence-corrected chi connectivity index (χ3v) is 4.31. The molecule has 126 valence electrons. The molecule has 0 unspecified atom stereocenters. The van der Waals surface area contributed by atoms with Gasteiger partial charge in [0.05, 0.1) is 0 Å². The number of hydrogen-bond acceptors (Lipinski definition) is 6. The predicted molar refractivity (Wildman–Crippen MR) is 85.0 cm³/mol. The molecular formula is C15H18N6O3. The van der Waals surface area contributed by atoms with Crippen LogP contribution in [0, 0.1) is 16.0 Å². The smallest absolute Gasteiger partial charge is 0.390 e. The monoisotopic (exact) mass is 330 g/mol. The van der Waals surface area contributed by atoms with Crippen molar-refractivity contribution in [3.63, 3.8) is 0 Å². The lowest BCUT2D eigenvalue weighted by Gasteiger charge is -2.16. The lowest BCUT2D eigenvalue weighted by molar-refractivity contribution is -0.394. The van der Waals surface area contributed by atoms with Crippen LogP contribution in [0.5, 0.6) is 0 Å². The fraction of sp³-hybridized carbons (Fsp3) is 0.400. The zero-order valence-electron chi connectivity index (χ0n) is 13.0. The maximum Gasteiger partial charge on any atom is 0.490 e. The Balaban J connectivity index is 1.68. The number of nitrogens with zero attached hydrogens (tertiary/aromatic N) is 5. The second-order valence-corrected chi connectivity index (χ2v) is 5.81. The zero-order chi connectivity index (χ0) is 17.1. The normalized spacial score (nSPS) is 20.3. The van der Waals surface area contributed by atoms with Crippen LogP contribution in [0.2, 0.25) is 0 Å². The average Bonchev–Trinajstić information content (AvgIpc) is 3.22. The number of rotatable bonds is 5. The van der Waals surface area contributed by atoms with Gasteiger partial charge in [-0.15, -0.1) is 0 Å². The van der Waals surface area contributed by atoms with Gasteiger partial charge in [-0.3, -0.25) is 4.79 Å². The summed E-state index contributed by atoms with van der Waals surface area (Å²) in [5.74, 6) is -0.260. The Morgan fingerprint density at radius 2 is 2.08 bits per heavy atom. The number of carbonyl (C=O) groups excluding carboxylic acids is 1. The molecule has 2 aromatic rings. The van der Waals surface area contributed by atoms with E-state index in [4.69, 9.17) is 5.73 Å². The van der Waals surface area contributed by atoms with Crippen molar-refractivity contribution in [3.05, 3.63) is 52.3 Å². The maximum absolute atomic E-state index is 12.5. The first-order valence-corrected chi connectivity index (χ1v) is 7.65. The van der Waals surface area contributed by atoms with E-state index in [-0.39, 0.29) is 24.3 Å². The second kappa shape index (κ2) is 6.75. The quantitative estimate of drug-likeness (QED) is 0.625. The van der Waals surface area contributed by atoms with Crippen LogP contribution in [0.3, 0.4) is 0 Å². The van der Waals surface area contributed by atoms with Crippen molar-refractivity contribution in [1.29, 1.82) is 0 Å².